The van der Waals surface area contributed by atoms with Crippen molar-refractivity contribution < 1.29 is 9.90 Å². The van der Waals surface area contributed by atoms with Crippen molar-refractivity contribution in [2.75, 3.05) is 0 Å². The van der Waals surface area contributed by atoms with E-state index in [-0.39, 0.29) is 11.5 Å². The average Bonchev–Trinajstić information content (AvgIpc) is 2.74. The Bertz CT molecular complexity index is 508. The summed E-state index contributed by atoms with van der Waals surface area (Å²) in [6.45, 7) is 4.81. The van der Waals surface area contributed by atoms with Gasteiger partial charge in [-0.05, 0) is 67.1 Å². The maximum absolute atomic E-state index is 12.0. The fourth-order valence-corrected chi connectivity index (χ4v) is 6.42. The van der Waals surface area contributed by atoms with Crippen LogP contribution in [0.1, 0.15) is 65.2 Å². The topological polar surface area (TPSA) is 37.3 Å². The summed E-state index contributed by atoms with van der Waals surface area (Å²) in [4.78, 5) is 12.0. The van der Waals surface area contributed by atoms with Crippen molar-refractivity contribution >= 4 is 5.78 Å². The molecule has 4 aliphatic carbocycles. The number of fused-ring (bicyclic) bond motifs is 5. The molecule has 0 aromatic carbocycles. The fraction of sp³-hybridized carbons (Fsp3) is 0.842. The lowest BCUT2D eigenvalue weighted by molar-refractivity contribution is -0.118. The van der Waals surface area contributed by atoms with Crippen molar-refractivity contribution in [1.82, 2.24) is 0 Å². The van der Waals surface area contributed by atoms with Gasteiger partial charge in [0.2, 0.25) is 0 Å². The van der Waals surface area contributed by atoms with Gasteiger partial charge in [-0.3, -0.25) is 4.79 Å². The summed E-state index contributed by atoms with van der Waals surface area (Å²) < 4.78 is 0. The zero-order valence-corrected chi connectivity index (χ0v) is 13.4. The Morgan fingerprint density at radius 3 is 2.76 bits per heavy atom. The van der Waals surface area contributed by atoms with Crippen LogP contribution in [-0.2, 0) is 4.79 Å². The minimum atomic E-state index is -0.122. The van der Waals surface area contributed by atoms with Gasteiger partial charge < -0.3 is 5.11 Å². The molecule has 3 fully saturated rings. The van der Waals surface area contributed by atoms with Gasteiger partial charge in [-0.15, -0.1) is 0 Å². The molecule has 0 heterocycles. The van der Waals surface area contributed by atoms with Crippen LogP contribution in [0.5, 0.6) is 0 Å². The fourth-order valence-electron chi connectivity index (χ4n) is 6.42. The van der Waals surface area contributed by atoms with E-state index in [0.29, 0.717) is 23.0 Å². The van der Waals surface area contributed by atoms with E-state index < -0.39 is 0 Å². The minimum absolute atomic E-state index is 0.122. The lowest BCUT2D eigenvalue weighted by Gasteiger charge is -2.57. The third kappa shape index (κ3) is 1.91. The molecule has 116 valence electrons. The van der Waals surface area contributed by atoms with Gasteiger partial charge in [-0.25, -0.2) is 0 Å². The molecular formula is C19H28O2. The molecule has 0 spiro atoms. The lowest BCUT2D eigenvalue weighted by atomic mass is 9.48. The van der Waals surface area contributed by atoms with Crippen molar-refractivity contribution in [3.05, 3.63) is 11.6 Å². The van der Waals surface area contributed by atoms with Crippen molar-refractivity contribution in [2.24, 2.45) is 28.6 Å². The Morgan fingerprint density at radius 2 is 1.95 bits per heavy atom. The minimum Gasteiger partial charge on any atom is -0.393 e. The summed E-state index contributed by atoms with van der Waals surface area (Å²) in [7, 11) is 0. The molecule has 0 aromatic rings. The van der Waals surface area contributed by atoms with E-state index in [9.17, 15) is 9.90 Å². The summed E-state index contributed by atoms with van der Waals surface area (Å²) in [5, 5.41) is 10.00. The van der Waals surface area contributed by atoms with Crippen LogP contribution in [0.25, 0.3) is 0 Å². The molecule has 0 aliphatic heterocycles. The van der Waals surface area contributed by atoms with Crippen LogP contribution in [0.2, 0.25) is 0 Å². The maximum Gasteiger partial charge on any atom is 0.133 e. The van der Waals surface area contributed by atoms with E-state index in [1.807, 2.05) is 0 Å². The number of hydrogen-bond donors (Lipinski definition) is 1. The summed E-state index contributed by atoms with van der Waals surface area (Å²) in [6, 6.07) is 0. The molecule has 0 amide bonds. The van der Waals surface area contributed by atoms with Crippen molar-refractivity contribution in [1.29, 1.82) is 0 Å². The van der Waals surface area contributed by atoms with Gasteiger partial charge in [0.15, 0.2) is 0 Å². The molecular weight excluding hydrogens is 260 g/mol. The first-order chi connectivity index (χ1) is 9.92. The van der Waals surface area contributed by atoms with Gasteiger partial charge in [0, 0.05) is 12.8 Å². The first kappa shape index (κ1) is 14.0. The summed E-state index contributed by atoms with van der Waals surface area (Å²) in [5.74, 6) is 2.57. The predicted octanol–water partition coefficient (Wildman–Crippen LogP) is 3.88. The van der Waals surface area contributed by atoms with Crippen LogP contribution in [0.4, 0.5) is 0 Å². The first-order valence-electron chi connectivity index (χ1n) is 8.82. The number of aliphatic hydroxyl groups is 1. The molecule has 1 N–H and O–H groups in total. The van der Waals surface area contributed by atoms with E-state index in [1.165, 1.54) is 18.4 Å². The Kier molecular flexibility index (Phi) is 2.96. The molecule has 0 saturated heterocycles. The van der Waals surface area contributed by atoms with Crippen LogP contribution in [0, 0.1) is 28.6 Å². The van der Waals surface area contributed by atoms with Gasteiger partial charge >= 0.3 is 0 Å². The smallest absolute Gasteiger partial charge is 0.133 e. The third-order valence-electron chi connectivity index (χ3n) is 7.64. The Labute approximate surface area is 128 Å². The van der Waals surface area contributed by atoms with Gasteiger partial charge in [0.25, 0.3) is 0 Å². The molecule has 3 saturated carbocycles. The predicted molar refractivity (Wildman–Crippen MR) is 82.7 cm³/mol. The molecule has 0 radical (unpaired) electrons. The standard InChI is InChI=1S/C19H28O2/c1-18-7-6-16-15(17(18)10-14(21)11-18)4-3-12-9-13(20)5-8-19(12,16)2/h3,13,15-17,20H,4-11H2,1-2H3/t13-,15+,16-,17-,18+,19-/m0/s1. The van der Waals surface area contributed by atoms with E-state index in [0.717, 1.165) is 44.4 Å². The van der Waals surface area contributed by atoms with Crippen LogP contribution < -0.4 is 0 Å². The van der Waals surface area contributed by atoms with Crippen molar-refractivity contribution in [3.63, 3.8) is 0 Å². The molecule has 0 aromatic heterocycles. The second-order valence-electron chi connectivity index (χ2n) is 8.77. The molecule has 0 unspecified atom stereocenters. The normalized spacial score (nSPS) is 52.7. The SMILES string of the molecule is C[C@]12CC[C@H]3[C@@H](CC=C4C[C@@H](O)CC[C@@]43C)[C@@H]1CC(=O)C2. The number of hydrogen-bond acceptors (Lipinski definition) is 2. The summed E-state index contributed by atoms with van der Waals surface area (Å²) in [5.41, 5.74) is 2.11. The number of aliphatic hydroxyl groups excluding tert-OH is 1. The number of carbonyl (C=O) groups excluding carboxylic acids is 1. The number of allylic oxidation sites excluding steroid dienone is 1. The van der Waals surface area contributed by atoms with Gasteiger partial charge in [0.1, 0.15) is 5.78 Å². The number of rotatable bonds is 0. The summed E-state index contributed by atoms with van der Waals surface area (Å²) >= 11 is 0. The third-order valence-corrected chi connectivity index (χ3v) is 7.64. The molecule has 2 heteroatoms. The molecule has 21 heavy (non-hydrogen) atoms. The quantitative estimate of drug-likeness (QED) is 0.687. The van der Waals surface area contributed by atoms with Gasteiger partial charge in [-0.2, -0.15) is 0 Å². The number of ketones is 1. The van der Waals surface area contributed by atoms with Crippen LogP contribution in [0.3, 0.4) is 0 Å². The molecule has 4 rings (SSSR count). The Morgan fingerprint density at radius 1 is 1.14 bits per heavy atom. The molecule has 2 nitrogen and oxygen atoms in total. The summed E-state index contributed by atoms with van der Waals surface area (Å²) in [6.07, 6.45) is 10.6. The highest BCUT2D eigenvalue weighted by atomic mass is 16.3. The molecule has 0 bridgehead atoms. The first-order valence-corrected chi connectivity index (χ1v) is 8.82. The van der Waals surface area contributed by atoms with Crippen LogP contribution in [0.15, 0.2) is 11.6 Å². The van der Waals surface area contributed by atoms with Gasteiger partial charge in [-0.1, -0.05) is 25.5 Å². The van der Waals surface area contributed by atoms with E-state index >= 15 is 0 Å². The average molecular weight is 288 g/mol. The zero-order valence-electron chi connectivity index (χ0n) is 13.4. The largest absolute Gasteiger partial charge is 0.393 e. The highest BCUT2D eigenvalue weighted by molar-refractivity contribution is 5.82. The Balaban J connectivity index is 1.69. The van der Waals surface area contributed by atoms with Crippen molar-refractivity contribution in [2.45, 2.75) is 71.3 Å². The molecule has 6 atom stereocenters. The van der Waals surface area contributed by atoms with Gasteiger partial charge in [0.05, 0.1) is 6.10 Å². The molecule has 4 aliphatic rings. The number of carbonyl (C=O) groups is 1. The highest BCUT2D eigenvalue weighted by Gasteiger charge is 2.57. The highest BCUT2D eigenvalue weighted by Crippen LogP contribution is 2.64. The van der Waals surface area contributed by atoms with Crippen LogP contribution >= 0.6 is 0 Å². The second kappa shape index (κ2) is 4.44. The monoisotopic (exact) mass is 288 g/mol. The van der Waals surface area contributed by atoms with Crippen molar-refractivity contribution in [3.8, 4) is 0 Å². The lowest BCUT2D eigenvalue weighted by Crippen LogP contribution is -2.49. The van der Waals surface area contributed by atoms with Crippen LogP contribution in [-0.4, -0.2) is 17.0 Å². The Hall–Kier alpha value is -0.630. The van der Waals surface area contributed by atoms with E-state index in [4.69, 9.17) is 0 Å². The number of Topliss-reactive ketones (excluding diaryl/α,β-unsaturated/α-hetero) is 1. The van der Waals surface area contributed by atoms with E-state index in [2.05, 4.69) is 19.9 Å². The second-order valence-corrected chi connectivity index (χ2v) is 8.77. The maximum atomic E-state index is 12.0. The zero-order chi connectivity index (χ0) is 14.8. The van der Waals surface area contributed by atoms with E-state index in [1.54, 1.807) is 0 Å².